The minimum absolute atomic E-state index is 0.180. The van der Waals surface area contributed by atoms with E-state index in [2.05, 4.69) is 36.4 Å². The van der Waals surface area contributed by atoms with Crippen molar-refractivity contribution in [3.05, 3.63) is 142 Å². The van der Waals surface area contributed by atoms with Gasteiger partial charge in [0.05, 0.1) is 7.11 Å². The molecule has 39 heavy (non-hydrogen) atoms. The Morgan fingerprint density at radius 2 is 1.38 bits per heavy atom. The summed E-state index contributed by atoms with van der Waals surface area (Å²) in [5.41, 5.74) is 5.29. The lowest BCUT2D eigenvalue weighted by Crippen LogP contribution is -2.13. The Balaban J connectivity index is 1.61. The molecule has 0 aliphatic heterocycles. The maximum Gasteiger partial charge on any atom is 0.343 e. The molecule has 0 heterocycles. The van der Waals surface area contributed by atoms with E-state index in [4.69, 9.17) is 25.8 Å². The third-order valence-electron chi connectivity index (χ3n) is 6.64. The average Bonchev–Trinajstić information content (AvgIpc) is 2.97. The van der Waals surface area contributed by atoms with E-state index in [0.717, 1.165) is 45.2 Å². The molecule has 196 valence electrons. The molecule has 0 amide bonds. The van der Waals surface area contributed by atoms with Crippen LogP contribution < -0.4 is 9.47 Å². The fourth-order valence-electron chi connectivity index (χ4n) is 4.61. The predicted molar refractivity (Wildman–Crippen MR) is 156 cm³/mol. The zero-order valence-corrected chi connectivity index (χ0v) is 22.5. The molecular weight excluding hydrogens is 508 g/mol. The van der Waals surface area contributed by atoms with Crippen molar-refractivity contribution < 1.29 is 19.0 Å². The van der Waals surface area contributed by atoms with Gasteiger partial charge in [-0.2, -0.15) is 0 Å². The number of methoxy groups -OCH3 is 1. The summed E-state index contributed by atoms with van der Waals surface area (Å²) in [6.45, 7) is 0.271. The van der Waals surface area contributed by atoms with Gasteiger partial charge in [0.2, 0.25) is 0 Å². The lowest BCUT2D eigenvalue weighted by Gasteiger charge is -2.18. The van der Waals surface area contributed by atoms with E-state index >= 15 is 0 Å². The summed E-state index contributed by atoms with van der Waals surface area (Å²) >= 11 is 6.55. The highest BCUT2D eigenvalue weighted by atomic mass is 35.5. The molecular formula is C34H29ClO4. The van der Waals surface area contributed by atoms with Crippen molar-refractivity contribution in [1.29, 1.82) is 0 Å². The molecule has 0 bridgehead atoms. The topological polar surface area (TPSA) is 44.8 Å². The molecule has 5 aromatic carbocycles. The highest BCUT2D eigenvalue weighted by Crippen LogP contribution is 2.37. The first kappa shape index (κ1) is 26.3. The van der Waals surface area contributed by atoms with Crippen LogP contribution in [0.25, 0.3) is 10.8 Å². The standard InChI is InChI=1S/C34H29ClO4/c1-37-34(36)23-39-32-17-16-26-19-28(18-24-10-4-2-5-11-24)33(38-22-25-12-6-3-7-13-25)21-29(26)30(32)20-27-14-8-9-15-31(27)35/h2-17,19,21H,18,20,22-23H2,1H3. The second-order valence-corrected chi connectivity index (χ2v) is 9.70. The van der Waals surface area contributed by atoms with E-state index in [1.807, 2.05) is 72.8 Å². The number of fused-ring (bicyclic) bond motifs is 1. The van der Waals surface area contributed by atoms with Crippen LogP contribution in [0, 0.1) is 0 Å². The Kier molecular flexibility index (Phi) is 8.45. The van der Waals surface area contributed by atoms with Crippen LogP contribution in [0.4, 0.5) is 0 Å². The summed E-state index contributed by atoms with van der Waals surface area (Å²) < 4.78 is 17.2. The van der Waals surface area contributed by atoms with E-state index in [0.29, 0.717) is 23.8 Å². The van der Waals surface area contributed by atoms with Crippen LogP contribution in [-0.4, -0.2) is 19.7 Å². The normalized spacial score (nSPS) is 10.8. The van der Waals surface area contributed by atoms with Crippen molar-refractivity contribution in [1.82, 2.24) is 0 Å². The van der Waals surface area contributed by atoms with E-state index in [1.165, 1.54) is 12.7 Å². The fourth-order valence-corrected chi connectivity index (χ4v) is 4.81. The quantitative estimate of drug-likeness (QED) is 0.171. The minimum Gasteiger partial charge on any atom is -0.489 e. The Labute approximate surface area is 233 Å². The second-order valence-electron chi connectivity index (χ2n) is 9.29. The first-order chi connectivity index (χ1) is 19.1. The third-order valence-corrected chi connectivity index (χ3v) is 7.01. The zero-order valence-electron chi connectivity index (χ0n) is 21.7. The van der Waals surface area contributed by atoms with Crippen LogP contribution in [0.15, 0.2) is 109 Å². The predicted octanol–water partition coefficient (Wildman–Crippen LogP) is 7.81. The first-order valence-corrected chi connectivity index (χ1v) is 13.2. The van der Waals surface area contributed by atoms with Gasteiger partial charge in [0.1, 0.15) is 18.1 Å². The fraction of sp³-hybridized carbons (Fsp3) is 0.147. The van der Waals surface area contributed by atoms with Gasteiger partial charge in [-0.3, -0.25) is 0 Å². The Morgan fingerprint density at radius 3 is 2.10 bits per heavy atom. The van der Waals surface area contributed by atoms with Crippen molar-refractivity contribution in [2.75, 3.05) is 13.7 Å². The van der Waals surface area contributed by atoms with Crippen molar-refractivity contribution in [3.63, 3.8) is 0 Å². The monoisotopic (exact) mass is 536 g/mol. The molecule has 0 saturated carbocycles. The van der Waals surface area contributed by atoms with Gasteiger partial charge >= 0.3 is 5.97 Å². The van der Waals surface area contributed by atoms with Crippen molar-refractivity contribution in [2.45, 2.75) is 19.4 Å². The maximum atomic E-state index is 11.9. The molecule has 0 saturated heterocycles. The van der Waals surface area contributed by atoms with Crippen LogP contribution in [0.2, 0.25) is 5.02 Å². The molecule has 4 nitrogen and oxygen atoms in total. The van der Waals surface area contributed by atoms with E-state index in [9.17, 15) is 4.79 Å². The van der Waals surface area contributed by atoms with Crippen molar-refractivity contribution in [2.24, 2.45) is 0 Å². The minimum atomic E-state index is -0.441. The largest absolute Gasteiger partial charge is 0.489 e. The number of rotatable bonds is 10. The van der Waals surface area contributed by atoms with Crippen molar-refractivity contribution >= 4 is 28.3 Å². The average molecular weight is 537 g/mol. The van der Waals surface area contributed by atoms with Crippen LogP contribution in [0.5, 0.6) is 11.5 Å². The molecule has 0 spiro atoms. The lowest BCUT2D eigenvalue weighted by atomic mass is 9.94. The molecule has 0 fully saturated rings. The number of esters is 1. The van der Waals surface area contributed by atoms with Gasteiger partial charge in [-0.25, -0.2) is 4.79 Å². The number of hydrogen-bond donors (Lipinski definition) is 0. The summed E-state index contributed by atoms with van der Waals surface area (Å²) in [6.07, 6.45) is 1.27. The molecule has 0 unspecified atom stereocenters. The molecule has 0 N–H and O–H groups in total. The molecule has 5 rings (SSSR count). The van der Waals surface area contributed by atoms with Gasteiger partial charge in [0.25, 0.3) is 0 Å². The van der Waals surface area contributed by atoms with E-state index in [1.54, 1.807) is 0 Å². The van der Waals surface area contributed by atoms with Crippen LogP contribution in [0.1, 0.15) is 27.8 Å². The van der Waals surface area contributed by atoms with E-state index < -0.39 is 5.97 Å². The van der Waals surface area contributed by atoms with Gasteiger partial charge in [-0.1, -0.05) is 96.5 Å². The first-order valence-electron chi connectivity index (χ1n) is 12.8. The number of benzene rings is 5. The number of hydrogen-bond acceptors (Lipinski definition) is 4. The van der Waals surface area contributed by atoms with Crippen molar-refractivity contribution in [3.8, 4) is 11.5 Å². The number of halogens is 1. The molecule has 0 aromatic heterocycles. The van der Waals surface area contributed by atoms with Gasteiger partial charge in [-0.05, 0) is 57.3 Å². The summed E-state index contributed by atoms with van der Waals surface area (Å²) in [5, 5.41) is 2.72. The van der Waals surface area contributed by atoms with Gasteiger partial charge < -0.3 is 14.2 Å². The summed E-state index contributed by atoms with van der Waals surface area (Å²) in [6, 6.07) is 36.5. The van der Waals surface area contributed by atoms with Gasteiger partial charge in [-0.15, -0.1) is 0 Å². The molecule has 0 aliphatic carbocycles. The Morgan fingerprint density at radius 1 is 0.692 bits per heavy atom. The lowest BCUT2D eigenvalue weighted by molar-refractivity contribution is -0.142. The zero-order chi connectivity index (χ0) is 27.0. The number of carbonyl (C=O) groups is 1. The highest BCUT2D eigenvalue weighted by molar-refractivity contribution is 6.31. The SMILES string of the molecule is COC(=O)COc1ccc2cc(Cc3ccccc3)c(OCc3ccccc3)cc2c1Cc1ccccc1Cl. The van der Waals surface area contributed by atoms with E-state index in [-0.39, 0.29) is 6.61 Å². The Bertz CT molecular complexity index is 1570. The smallest absolute Gasteiger partial charge is 0.343 e. The number of carbonyl (C=O) groups excluding carboxylic acids is 1. The van der Waals surface area contributed by atoms with Crippen LogP contribution >= 0.6 is 11.6 Å². The van der Waals surface area contributed by atoms with Crippen LogP contribution in [-0.2, 0) is 29.0 Å². The second kappa shape index (κ2) is 12.5. The van der Waals surface area contributed by atoms with Gasteiger partial charge in [0.15, 0.2) is 6.61 Å². The Hall–Kier alpha value is -4.28. The van der Waals surface area contributed by atoms with Crippen LogP contribution in [0.3, 0.4) is 0 Å². The molecule has 0 radical (unpaired) electrons. The maximum absolute atomic E-state index is 11.9. The molecule has 5 aromatic rings. The highest BCUT2D eigenvalue weighted by Gasteiger charge is 2.17. The summed E-state index contributed by atoms with van der Waals surface area (Å²) in [5.74, 6) is 0.974. The summed E-state index contributed by atoms with van der Waals surface area (Å²) in [4.78, 5) is 11.9. The van der Waals surface area contributed by atoms with Gasteiger partial charge in [0, 0.05) is 23.4 Å². The molecule has 5 heteroatoms. The third kappa shape index (κ3) is 6.60. The summed E-state index contributed by atoms with van der Waals surface area (Å²) in [7, 11) is 1.35. The molecule has 0 aliphatic rings. The molecule has 0 atom stereocenters. The number of ether oxygens (including phenoxy) is 3.